The average molecular weight is 330 g/mol. The van der Waals surface area contributed by atoms with Crippen molar-refractivity contribution in [3.63, 3.8) is 0 Å². The summed E-state index contributed by atoms with van der Waals surface area (Å²) in [5, 5.41) is 8.89. The summed E-state index contributed by atoms with van der Waals surface area (Å²) in [6, 6.07) is 22.5. The molecule has 3 nitrogen and oxygen atoms in total. The first-order chi connectivity index (χ1) is 12.3. The molecule has 0 bridgehead atoms. The molecule has 0 unspecified atom stereocenters. The fourth-order valence-electron chi connectivity index (χ4n) is 3.70. The Morgan fingerprint density at radius 3 is 2.68 bits per heavy atom. The molecule has 4 rings (SSSR count). The van der Waals surface area contributed by atoms with E-state index in [9.17, 15) is 4.79 Å². The second-order valence-electron chi connectivity index (χ2n) is 6.60. The maximum absolute atomic E-state index is 12.8. The molecule has 1 fully saturated rings. The first kappa shape index (κ1) is 15.9. The van der Waals surface area contributed by atoms with E-state index in [0.717, 1.165) is 36.2 Å². The molecule has 0 radical (unpaired) electrons. The van der Waals surface area contributed by atoms with Crippen molar-refractivity contribution in [1.82, 2.24) is 10.6 Å². The lowest BCUT2D eigenvalue weighted by Crippen LogP contribution is -2.25. The molecule has 1 aliphatic heterocycles. The molecule has 25 heavy (non-hydrogen) atoms. The number of amides is 1. The van der Waals surface area contributed by atoms with Crippen LogP contribution in [0.3, 0.4) is 0 Å². The van der Waals surface area contributed by atoms with Crippen LogP contribution >= 0.6 is 0 Å². The summed E-state index contributed by atoms with van der Waals surface area (Å²) in [6.07, 6.45) is 1.09. The Labute approximate surface area is 148 Å². The highest BCUT2D eigenvalue weighted by atomic mass is 16.1. The average Bonchev–Trinajstić information content (AvgIpc) is 3.21. The molecule has 1 amide bonds. The molecule has 3 aromatic carbocycles. The molecular weight excluding hydrogens is 308 g/mol. The number of nitrogens with one attached hydrogen (secondary N) is 2. The first-order valence-corrected chi connectivity index (χ1v) is 8.87. The molecule has 2 N–H and O–H groups in total. The minimum atomic E-state index is 0.00966. The van der Waals surface area contributed by atoms with Crippen molar-refractivity contribution < 1.29 is 4.79 Å². The summed E-state index contributed by atoms with van der Waals surface area (Å²) < 4.78 is 0. The van der Waals surface area contributed by atoms with Crippen LogP contribution < -0.4 is 10.6 Å². The zero-order chi connectivity index (χ0) is 17.1. The summed E-state index contributed by atoms with van der Waals surface area (Å²) >= 11 is 0. The molecule has 3 heteroatoms. The Bertz CT molecular complexity index is 892. The Hall–Kier alpha value is -2.65. The number of benzene rings is 3. The summed E-state index contributed by atoms with van der Waals surface area (Å²) in [5.74, 6) is 0.440. The van der Waals surface area contributed by atoms with E-state index < -0.39 is 0 Å². The third kappa shape index (κ3) is 3.28. The lowest BCUT2D eigenvalue weighted by atomic mass is 9.93. The number of hydrogen-bond acceptors (Lipinski definition) is 2. The summed E-state index contributed by atoms with van der Waals surface area (Å²) in [6.45, 7) is 2.52. The highest BCUT2D eigenvalue weighted by Crippen LogP contribution is 2.26. The molecule has 0 aromatic heterocycles. The van der Waals surface area contributed by atoms with Crippen LogP contribution in [-0.2, 0) is 6.54 Å². The predicted octanol–water partition coefficient (Wildman–Crippen LogP) is 3.85. The fraction of sp³-hybridized carbons (Fsp3) is 0.227. The van der Waals surface area contributed by atoms with Crippen LogP contribution in [0.25, 0.3) is 10.8 Å². The Morgan fingerprint density at radius 2 is 1.80 bits per heavy atom. The largest absolute Gasteiger partial charge is 0.348 e. The van der Waals surface area contributed by atoms with Gasteiger partial charge in [-0.2, -0.15) is 0 Å². The summed E-state index contributed by atoms with van der Waals surface area (Å²) in [5.41, 5.74) is 3.10. The van der Waals surface area contributed by atoms with Gasteiger partial charge in [0.05, 0.1) is 0 Å². The minimum absolute atomic E-state index is 0.00966. The lowest BCUT2D eigenvalue weighted by Gasteiger charge is -2.15. The first-order valence-electron chi connectivity index (χ1n) is 8.87. The van der Waals surface area contributed by atoms with Crippen LogP contribution in [0.5, 0.6) is 0 Å². The second kappa shape index (κ2) is 7.08. The number of carbonyl (C=O) groups excluding carboxylic acids is 1. The molecular formula is C22H22N2O. The highest BCUT2D eigenvalue weighted by Gasteiger charge is 2.21. The van der Waals surface area contributed by atoms with Gasteiger partial charge >= 0.3 is 0 Å². The molecule has 0 spiro atoms. The topological polar surface area (TPSA) is 41.1 Å². The fourth-order valence-corrected chi connectivity index (χ4v) is 3.70. The van der Waals surface area contributed by atoms with Crippen molar-refractivity contribution in [2.45, 2.75) is 18.9 Å². The van der Waals surface area contributed by atoms with Gasteiger partial charge in [-0.25, -0.2) is 0 Å². The number of carbonyl (C=O) groups is 1. The number of fused-ring (bicyclic) bond motifs is 1. The molecule has 0 aliphatic carbocycles. The van der Waals surface area contributed by atoms with Gasteiger partial charge in [0.25, 0.3) is 5.91 Å². The zero-order valence-corrected chi connectivity index (χ0v) is 14.2. The van der Waals surface area contributed by atoms with E-state index in [1.807, 2.05) is 36.4 Å². The monoisotopic (exact) mass is 330 g/mol. The van der Waals surface area contributed by atoms with E-state index in [1.165, 1.54) is 10.8 Å². The molecule has 0 saturated carbocycles. The standard InChI is InChI=1S/C22H22N2O/c25-22(21-11-4-3-10-20(21)18-12-13-23-14-18)24-15-17-8-5-7-16-6-1-2-9-19(16)17/h1-11,18,23H,12-15H2,(H,24,25)/t18-/m1/s1. The van der Waals surface area contributed by atoms with E-state index >= 15 is 0 Å². The van der Waals surface area contributed by atoms with Crippen molar-refractivity contribution in [3.8, 4) is 0 Å². The van der Waals surface area contributed by atoms with Gasteiger partial charge in [-0.3, -0.25) is 4.79 Å². The van der Waals surface area contributed by atoms with E-state index in [-0.39, 0.29) is 5.91 Å². The van der Waals surface area contributed by atoms with Crippen LogP contribution in [0, 0.1) is 0 Å². The normalized spacial score (nSPS) is 16.9. The van der Waals surface area contributed by atoms with Gasteiger partial charge in [0.15, 0.2) is 0 Å². The van der Waals surface area contributed by atoms with Gasteiger partial charge in [-0.15, -0.1) is 0 Å². The van der Waals surface area contributed by atoms with Gasteiger partial charge in [0.1, 0.15) is 0 Å². The number of rotatable bonds is 4. The third-order valence-corrected chi connectivity index (χ3v) is 5.02. The van der Waals surface area contributed by atoms with Gasteiger partial charge in [-0.1, -0.05) is 60.7 Å². The number of hydrogen-bond donors (Lipinski definition) is 2. The van der Waals surface area contributed by atoms with E-state index in [1.54, 1.807) is 0 Å². The smallest absolute Gasteiger partial charge is 0.251 e. The SMILES string of the molecule is O=C(NCc1cccc2ccccc12)c1ccccc1[C@@H]1CCNC1. The zero-order valence-electron chi connectivity index (χ0n) is 14.2. The molecule has 3 aromatic rings. The van der Waals surface area contributed by atoms with Crippen molar-refractivity contribution in [2.24, 2.45) is 0 Å². The van der Waals surface area contributed by atoms with Gasteiger partial charge in [0.2, 0.25) is 0 Å². The van der Waals surface area contributed by atoms with Gasteiger partial charge in [-0.05, 0) is 46.8 Å². The Kier molecular flexibility index (Phi) is 4.49. The van der Waals surface area contributed by atoms with Crippen LogP contribution in [0.4, 0.5) is 0 Å². The maximum atomic E-state index is 12.8. The van der Waals surface area contributed by atoms with E-state index in [4.69, 9.17) is 0 Å². The maximum Gasteiger partial charge on any atom is 0.251 e. The summed E-state index contributed by atoms with van der Waals surface area (Å²) in [7, 11) is 0. The van der Waals surface area contributed by atoms with Crippen LogP contribution in [0.1, 0.15) is 33.8 Å². The molecule has 1 heterocycles. The second-order valence-corrected chi connectivity index (χ2v) is 6.60. The molecule has 126 valence electrons. The van der Waals surface area contributed by atoms with Crippen molar-refractivity contribution in [2.75, 3.05) is 13.1 Å². The molecule has 1 aliphatic rings. The Morgan fingerprint density at radius 1 is 1.00 bits per heavy atom. The Balaban J connectivity index is 1.55. The van der Waals surface area contributed by atoms with E-state index in [0.29, 0.717) is 12.5 Å². The highest BCUT2D eigenvalue weighted by molar-refractivity contribution is 5.96. The van der Waals surface area contributed by atoms with Crippen LogP contribution in [0.2, 0.25) is 0 Å². The molecule has 1 atom stereocenters. The predicted molar refractivity (Wildman–Crippen MR) is 102 cm³/mol. The van der Waals surface area contributed by atoms with Crippen LogP contribution in [-0.4, -0.2) is 19.0 Å². The molecule has 1 saturated heterocycles. The van der Waals surface area contributed by atoms with Crippen molar-refractivity contribution >= 4 is 16.7 Å². The van der Waals surface area contributed by atoms with Gasteiger partial charge in [0, 0.05) is 18.7 Å². The van der Waals surface area contributed by atoms with Crippen molar-refractivity contribution in [1.29, 1.82) is 0 Å². The van der Waals surface area contributed by atoms with Crippen molar-refractivity contribution in [3.05, 3.63) is 83.4 Å². The van der Waals surface area contributed by atoms with Gasteiger partial charge < -0.3 is 10.6 Å². The summed E-state index contributed by atoms with van der Waals surface area (Å²) in [4.78, 5) is 12.8. The quantitative estimate of drug-likeness (QED) is 0.763. The van der Waals surface area contributed by atoms with E-state index in [2.05, 4.69) is 41.0 Å². The van der Waals surface area contributed by atoms with Crippen LogP contribution in [0.15, 0.2) is 66.7 Å². The lowest BCUT2D eigenvalue weighted by molar-refractivity contribution is 0.0949. The third-order valence-electron chi connectivity index (χ3n) is 5.02. The minimum Gasteiger partial charge on any atom is -0.348 e.